The molecule has 1 spiro atoms. The van der Waals surface area contributed by atoms with Gasteiger partial charge in [0.25, 0.3) is 5.91 Å². The highest BCUT2D eigenvalue weighted by Gasteiger charge is 2.44. The molecule has 0 unspecified atom stereocenters. The van der Waals surface area contributed by atoms with Crippen LogP contribution in [0, 0.1) is 5.82 Å². The minimum atomic E-state index is -5.14. The summed E-state index contributed by atoms with van der Waals surface area (Å²) in [7, 11) is 0. The van der Waals surface area contributed by atoms with Crippen LogP contribution < -0.4 is 9.47 Å². The fourth-order valence-electron chi connectivity index (χ4n) is 5.58. The molecule has 0 aliphatic carbocycles. The van der Waals surface area contributed by atoms with Crippen molar-refractivity contribution in [2.75, 3.05) is 39.3 Å². The van der Waals surface area contributed by atoms with Gasteiger partial charge in [-0.1, -0.05) is 17.7 Å². The zero-order chi connectivity index (χ0) is 29.4. The number of amides is 1. The Morgan fingerprint density at radius 2 is 1.93 bits per heavy atom. The predicted octanol–water partition coefficient (Wildman–Crippen LogP) is 4.01. The van der Waals surface area contributed by atoms with Crippen molar-refractivity contribution in [3.8, 4) is 11.5 Å². The minimum absolute atomic E-state index is 0.0137. The van der Waals surface area contributed by atoms with E-state index in [1.807, 2.05) is 12.1 Å². The molecule has 3 aliphatic heterocycles. The van der Waals surface area contributed by atoms with Crippen LogP contribution in [0.2, 0.25) is 5.02 Å². The van der Waals surface area contributed by atoms with Crippen LogP contribution >= 0.6 is 11.6 Å². The molecule has 0 saturated carbocycles. The molecule has 0 aromatic heterocycles. The summed E-state index contributed by atoms with van der Waals surface area (Å²) in [5.74, 6) is -3.34. The largest absolute Gasteiger partial charge is 0.490 e. The molecule has 2 aromatic rings. The number of esters is 1. The molecule has 1 N–H and O–H groups in total. The maximum atomic E-state index is 14.7. The number of benzene rings is 2. The molecule has 8 nitrogen and oxygen atoms in total. The zero-order valence-electron chi connectivity index (χ0n) is 22.0. The van der Waals surface area contributed by atoms with Crippen molar-refractivity contribution in [1.82, 2.24) is 9.80 Å². The average molecular weight is 601 g/mol. The highest BCUT2D eigenvalue weighted by molar-refractivity contribution is 6.30. The molecule has 0 radical (unpaired) electrons. The molecule has 2 aromatic carbocycles. The number of rotatable bonds is 7. The number of β-amino-alcohol motifs (C(OH)–C–C–N with tert-alkyl or cyclic N) is 1. The fourth-order valence-corrected chi connectivity index (χ4v) is 5.77. The Morgan fingerprint density at radius 1 is 1.17 bits per heavy atom. The number of fused-ring (bicyclic) bond motifs is 1. The van der Waals surface area contributed by atoms with Crippen LogP contribution in [-0.2, 0) is 16.0 Å². The van der Waals surface area contributed by atoms with Crippen molar-refractivity contribution >= 4 is 23.5 Å². The van der Waals surface area contributed by atoms with Crippen LogP contribution in [0.1, 0.15) is 35.2 Å². The van der Waals surface area contributed by atoms with Crippen molar-refractivity contribution in [3.63, 3.8) is 0 Å². The lowest BCUT2D eigenvalue weighted by atomic mass is 9.87. The molecule has 2 saturated heterocycles. The van der Waals surface area contributed by atoms with Crippen LogP contribution in [0.3, 0.4) is 0 Å². The number of piperidine rings is 1. The van der Waals surface area contributed by atoms with Gasteiger partial charge >= 0.3 is 12.1 Å². The van der Waals surface area contributed by atoms with E-state index in [1.165, 1.54) is 17.0 Å². The van der Waals surface area contributed by atoms with Crippen molar-refractivity contribution in [2.24, 2.45) is 0 Å². The molecule has 0 bridgehead atoms. The third kappa shape index (κ3) is 6.70. The van der Waals surface area contributed by atoms with E-state index in [-0.39, 0.29) is 49.6 Å². The third-order valence-corrected chi connectivity index (χ3v) is 7.89. The monoisotopic (exact) mass is 600 g/mol. The van der Waals surface area contributed by atoms with Gasteiger partial charge < -0.3 is 29.1 Å². The Morgan fingerprint density at radius 3 is 2.66 bits per heavy atom. The fraction of sp³-hybridized carbons (Fsp3) is 0.500. The first kappa shape index (κ1) is 29.4. The summed E-state index contributed by atoms with van der Waals surface area (Å²) in [6.07, 6.45) is -4.94. The third-order valence-electron chi connectivity index (χ3n) is 7.65. The number of para-hydroxylation sites is 1. The molecule has 5 rings (SSSR count). The Labute approximate surface area is 238 Å². The van der Waals surface area contributed by atoms with Gasteiger partial charge in [-0.3, -0.25) is 4.79 Å². The number of aliphatic hydroxyl groups excluding tert-OH is 1. The number of ether oxygens (including phenoxy) is 3. The minimum Gasteiger partial charge on any atom is -0.487 e. The summed E-state index contributed by atoms with van der Waals surface area (Å²) < 4.78 is 68.5. The van der Waals surface area contributed by atoms with Crippen LogP contribution in [0.4, 0.5) is 17.6 Å². The van der Waals surface area contributed by atoms with E-state index in [1.54, 1.807) is 6.07 Å². The average Bonchev–Trinajstić information content (AvgIpc) is 3.52. The van der Waals surface area contributed by atoms with Gasteiger partial charge in [0, 0.05) is 56.9 Å². The van der Waals surface area contributed by atoms with Crippen LogP contribution in [0.25, 0.3) is 0 Å². The molecule has 2 fully saturated rings. The topological polar surface area (TPSA) is 88.5 Å². The second-order valence-corrected chi connectivity index (χ2v) is 11.1. The number of alkyl halides is 3. The van der Waals surface area contributed by atoms with Gasteiger partial charge in [-0.2, -0.15) is 13.2 Å². The van der Waals surface area contributed by atoms with Gasteiger partial charge in [-0.15, -0.1) is 0 Å². The maximum absolute atomic E-state index is 14.7. The quantitative estimate of drug-likeness (QED) is 0.380. The lowest BCUT2D eigenvalue weighted by Gasteiger charge is -2.39. The van der Waals surface area contributed by atoms with E-state index in [4.69, 9.17) is 21.1 Å². The lowest BCUT2D eigenvalue weighted by molar-refractivity contribution is -0.204. The second-order valence-electron chi connectivity index (χ2n) is 10.7. The van der Waals surface area contributed by atoms with E-state index in [0.717, 1.165) is 36.6 Å². The Kier molecular flexibility index (Phi) is 8.36. The van der Waals surface area contributed by atoms with E-state index in [0.29, 0.717) is 18.1 Å². The number of likely N-dealkylation sites (tertiary alicyclic amines) is 2. The van der Waals surface area contributed by atoms with Gasteiger partial charge in [0.05, 0.1) is 12.1 Å². The smallest absolute Gasteiger partial charge is 0.487 e. The Bertz CT molecular complexity index is 1300. The highest BCUT2D eigenvalue weighted by atomic mass is 35.5. The highest BCUT2D eigenvalue weighted by Crippen LogP contribution is 2.42. The van der Waals surface area contributed by atoms with Gasteiger partial charge in [-0.05, 0) is 35.9 Å². The number of nitrogens with zero attached hydrogens (tertiary/aromatic N) is 2. The molecule has 222 valence electrons. The summed E-state index contributed by atoms with van der Waals surface area (Å²) in [4.78, 5) is 27.4. The summed E-state index contributed by atoms with van der Waals surface area (Å²) in [5.41, 5.74) is 0.645. The van der Waals surface area contributed by atoms with Gasteiger partial charge in [-0.25, -0.2) is 9.18 Å². The first-order valence-corrected chi connectivity index (χ1v) is 13.7. The lowest BCUT2D eigenvalue weighted by Crippen LogP contribution is -2.49. The maximum Gasteiger partial charge on any atom is 0.490 e. The SMILES string of the molecule is O=C(c1cccc(F)c1OC[C@H](O)CN1CCC2(CC1)Cc1cc(Cl)ccc1O2)N1CC[C@H](OC(=O)C(F)(F)F)C1. The first-order valence-electron chi connectivity index (χ1n) is 13.3. The Balaban J connectivity index is 1.12. The van der Waals surface area contributed by atoms with Crippen molar-refractivity contribution in [2.45, 2.75) is 49.7 Å². The molecular weight excluding hydrogens is 572 g/mol. The summed E-state index contributed by atoms with van der Waals surface area (Å²) in [5, 5.41) is 11.3. The number of aliphatic hydroxyl groups is 1. The number of carbonyl (C=O) groups excluding carboxylic acids is 2. The molecule has 13 heteroatoms. The molecule has 2 atom stereocenters. The number of halogens is 5. The van der Waals surface area contributed by atoms with E-state index >= 15 is 0 Å². The molecule has 3 aliphatic rings. The molecular formula is C28H29ClF4N2O6. The second kappa shape index (κ2) is 11.7. The predicted molar refractivity (Wildman–Crippen MR) is 139 cm³/mol. The molecule has 3 heterocycles. The normalized spacial score (nSPS) is 20.9. The van der Waals surface area contributed by atoms with E-state index < -0.39 is 36.1 Å². The van der Waals surface area contributed by atoms with Crippen LogP contribution in [-0.4, -0.2) is 90.1 Å². The first-order chi connectivity index (χ1) is 19.4. The summed E-state index contributed by atoms with van der Waals surface area (Å²) >= 11 is 6.11. The molecule has 1 amide bonds. The van der Waals surface area contributed by atoms with E-state index in [9.17, 15) is 32.3 Å². The van der Waals surface area contributed by atoms with Gasteiger partial charge in [0.2, 0.25) is 0 Å². The van der Waals surface area contributed by atoms with E-state index in [2.05, 4.69) is 9.64 Å². The number of carbonyl (C=O) groups is 2. The van der Waals surface area contributed by atoms with Gasteiger partial charge in [0.15, 0.2) is 11.6 Å². The molecule has 41 heavy (non-hydrogen) atoms. The Hall–Kier alpha value is -3.09. The number of hydrogen-bond acceptors (Lipinski definition) is 7. The summed E-state index contributed by atoms with van der Waals surface area (Å²) in [6.45, 7) is 1.09. The zero-order valence-corrected chi connectivity index (χ0v) is 22.7. The summed E-state index contributed by atoms with van der Waals surface area (Å²) in [6, 6.07) is 9.35. The van der Waals surface area contributed by atoms with Gasteiger partial charge in [0.1, 0.15) is 30.2 Å². The number of hydrogen-bond donors (Lipinski definition) is 1. The van der Waals surface area contributed by atoms with Crippen molar-refractivity contribution in [3.05, 3.63) is 58.4 Å². The van der Waals surface area contributed by atoms with Crippen molar-refractivity contribution in [1.29, 1.82) is 0 Å². The standard InChI is InChI=1S/C28H29ClF4N2O6/c29-18-4-5-23-17(12-18)13-27(41-23)7-10-34(11-8-27)14-19(36)16-39-24-21(2-1-3-22(24)30)25(37)35-9-6-20(15-35)40-26(38)28(31,32)33/h1-5,12,19-20,36H,6-11,13-16H2/t19-,20+/m1/s1. The van der Waals surface area contributed by atoms with Crippen molar-refractivity contribution < 1.29 is 46.5 Å². The van der Waals surface area contributed by atoms with Crippen LogP contribution in [0.5, 0.6) is 11.5 Å². The van der Waals surface area contributed by atoms with Crippen LogP contribution in [0.15, 0.2) is 36.4 Å².